The zero-order valence-corrected chi connectivity index (χ0v) is 16.9. The first-order valence-corrected chi connectivity index (χ1v) is 9.62. The van der Waals surface area contributed by atoms with Gasteiger partial charge in [-0.25, -0.2) is 4.79 Å². The van der Waals surface area contributed by atoms with E-state index in [0.717, 1.165) is 19.9 Å². The Hall–Kier alpha value is -1.24. The molecule has 2 aromatic rings. The fourth-order valence-electron chi connectivity index (χ4n) is 1.80. The van der Waals surface area contributed by atoms with Crippen LogP contribution in [0.15, 0.2) is 75.0 Å². The highest BCUT2D eigenvalue weighted by Crippen LogP contribution is 2.30. The maximum atomic E-state index is 11.5. The van der Waals surface area contributed by atoms with Crippen molar-refractivity contribution in [1.29, 1.82) is 0 Å². The normalized spacial score (nSPS) is 13.0. The lowest BCUT2D eigenvalue weighted by atomic mass is 10.3. The molecular weight excluding hydrogens is 456 g/mol. The van der Waals surface area contributed by atoms with E-state index in [0.29, 0.717) is 5.75 Å². The lowest BCUT2D eigenvalue weighted by molar-refractivity contribution is -0.144. The first kappa shape index (κ1) is 19.1. The first-order valence-electron chi connectivity index (χ1n) is 7.15. The summed E-state index contributed by atoms with van der Waals surface area (Å²) in [6.07, 6.45) is 0.699. The van der Waals surface area contributed by atoms with Crippen molar-refractivity contribution in [2.24, 2.45) is 0 Å². The van der Waals surface area contributed by atoms with Crippen molar-refractivity contribution in [3.05, 3.63) is 70.1 Å². The second kappa shape index (κ2) is 9.30. The molecule has 0 radical (unpaired) electrons. The van der Waals surface area contributed by atoms with Gasteiger partial charge in [0.1, 0.15) is 11.9 Å². The van der Waals surface area contributed by atoms with Crippen molar-refractivity contribution in [3.8, 4) is 5.75 Å². The Morgan fingerprint density at radius 3 is 2.17 bits per heavy atom. The monoisotopic (exact) mass is 470 g/mol. The molecule has 2 unspecified atom stereocenters. The van der Waals surface area contributed by atoms with Gasteiger partial charge in [-0.15, -0.1) is 0 Å². The number of benzene rings is 2. The van der Waals surface area contributed by atoms with Crippen LogP contribution in [-0.4, -0.2) is 17.5 Å². The average molecular weight is 472 g/mol. The number of halogens is 2. The van der Waals surface area contributed by atoms with Crippen LogP contribution in [0.1, 0.15) is 6.92 Å². The molecule has 0 saturated carbocycles. The molecule has 0 fully saturated rings. The predicted molar refractivity (Wildman–Crippen MR) is 104 cm³/mol. The van der Waals surface area contributed by atoms with Crippen molar-refractivity contribution in [3.63, 3.8) is 0 Å². The minimum Gasteiger partial charge on any atom is -0.476 e. The van der Waals surface area contributed by atoms with Gasteiger partial charge in [0, 0.05) is 19.9 Å². The highest BCUT2D eigenvalue weighted by Gasteiger charge is 2.23. The summed E-state index contributed by atoms with van der Waals surface area (Å²) in [7, 11) is 0. The lowest BCUT2D eigenvalue weighted by Crippen LogP contribution is -2.30. The van der Waals surface area contributed by atoms with Gasteiger partial charge in [-0.2, -0.15) is 0 Å². The van der Waals surface area contributed by atoms with E-state index in [-0.39, 0.29) is 0 Å². The summed E-state index contributed by atoms with van der Waals surface area (Å²) in [4.78, 5) is 12.5. The molecule has 0 aromatic heterocycles. The van der Waals surface area contributed by atoms with Gasteiger partial charge in [0.15, 0.2) is 5.44 Å². The maximum absolute atomic E-state index is 11.5. The molecule has 0 N–H and O–H groups in total. The summed E-state index contributed by atoms with van der Waals surface area (Å²) in [5.74, 6) is 0.234. The van der Waals surface area contributed by atoms with E-state index < -0.39 is 17.5 Å². The minimum atomic E-state index is -0.469. The topological polar surface area (TPSA) is 35.5 Å². The molecular formula is C18H16Br2O3S. The molecule has 126 valence electrons. The van der Waals surface area contributed by atoms with Crippen LogP contribution in [0, 0.1) is 0 Å². The van der Waals surface area contributed by atoms with Gasteiger partial charge in [-0.3, -0.25) is 0 Å². The van der Waals surface area contributed by atoms with Gasteiger partial charge < -0.3 is 9.47 Å². The van der Waals surface area contributed by atoms with E-state index in [1.54, 1.807) is 6.92 Å². The molecule has 3 nitrogen and oxygen atoms in total. The van der Waals surface area contributed by atoms with E-state index in [4.69, 9.17) is 9.47 Å². The lowest BCUT2D eigenvalue weighted by Gasteiger charge is -2.24. The summed E-state index contributed by atoms with van der Waals surface area (Å²) in [5.41, 5.74) is -0.392. The number of rotatable bonds is 7. The molecule has 0 heterocycles. The number of esters is 1. The van der Waals surface area contributed by atoms with Crippen molar-refractivity contribution >= 4 is 49.6 Å². The molecule has 0 spiro atoms. The van der Waals surface area contributed by atoms with Crippen LogP contribution in [0.5, 0.6) is 5.75 Å². The number of carbonyl (C=O) groups is 1. The van der Waals surface area contributed by atoms with Gasteiger partial charge in [0.25, 0.3) is 0 Å². The number of thioether (sulfide) groups is 1. The molecule has 24 heavy (non-hydrogen) atoms. The SMILES string of the molecule is C=CC(=O)OC(C)C(Oc1ccc(Br)cc1)Sc1ccc(Br)cc1. The zero-order chi connectivity index (χ0) is 17.5. The summed E-state index contributed by atoms with van der Waals surface area (Å²) >= 11 is 8.31. The van der Waals surface area contributed by atoms with Crippen LogP contribution in [0.2, 0.25) is 0 Å². The molecule has 2 aromatic carbocycles. The molecule has 2 atom stereocenters. The number of carbonyl (C=O) groups excluding carboxylic acids is 1. The third-order valence-corrected chi connectivity index (χ3v) is 5.30. The third kappa shape index (κ3) is 6.00. The quantitative estimate of drug-likeness (QED) is 0.220. The fraction of sp³-hybridized carbons (Fsp3) is 0.167. The highest BCUT2D eigenvalue weighted by molar-refractivity contribution is 9.10. The summed E-state index contributed by atoms with van der Waals surface area (Å²) < 4.78 is 13.3. The van der Waals surface area contributed by atoms with E-state index in [9.17, 15) is 4.79 Å². The molecule has 0 bridgehead atoms. The van der Waals surface area contributed by atoms with Gasteiger partial charge in [0.2, 0.25) is 0 Å². The van der Waals surface area contributed by atoms with Crippen LogP contribution in [0.3, 0.4) is 0 Å². The summed E-state index contributed by atoms with van der Waals surface area (Å²) in [6, 6.07) is 15.4. The van der Waals surface area contributed by atoms with Crippen molar-refractivity contribution < 1.29 is 14.3 Å². The Morgan fingerprint density at radius 1 is 1.08 bits per heavy atom. The Bertz CT molecular complexity index is 639. The van der Waals surface area contributed by atoms with Gasteiger partial charge >= 0.3 is 5.97 Å². The summed E-state index contributed by atoms with van der Waals surface area (Å²) in [6.45, 7) is 5.23. The zero-order valence-electron chi connectivity index (χ0n) is 12.9. The maximum Gasteiger partial charge on any atom is 0.330 e. The average Bonchev–Trinajstić information content (AvgIpc) is 2.58. The van der Waals surface area contributed by atoms with Crippen LogP contribution in [-0.2, 0) is 9.53 Å². The van der Waals surface area contributed by atoms with Crippen molar-refractivity contribution in [2.75, 3.05) is 0 Å². The van der Waals surface area contributed by atoms with E-state index in [2.05, 4.69) is 38.4 Å². The van der Waals surface area contributed by atoms with Crippen LogP contribution in [0.25, 0.3) is 0 Å². The second-order valence-electron chi connectivity index (χ2n) is 4.86. The highest BCUT2D eigenvalue weighted by atomic mass is 79.9. The second-order valence-corrected chi connectivity index (χ2v) is 7.86. The number of hydrogen-bond donors (Lipinski definition) is 0. The van der Waals surface area contributed by atoms with Crippen molar-refractivity contribution in [1.82, 2.24) is 0 Å². The Balaban J connectivity index is 2.15. The standard InChI is InChI=1S/C18H16Br2O3S/c1-3-17(21)22-12(2)18(23-15-8-4-13(19)5-9-15)24-16-10-6-14(20)7-11-16/h3-12,18H,1H2,2H3. The van der Waals surface area contributed by atoms with E-state index in [1.165, 1.54) is 11.8 Å². The van der Waals surface area contributed by atoms with Gasteiger partial charge in [-0.1, -0.05) is 50.2 Å². The number of ether oxygens (including phenoxy) is 2. The minimum absolute atomic E-state index is 0.392. The molecule has 0 aliphatic heterocycles. The Labute approximate surface area is 162 Å². The molecule has 0 aliphatic carbocycles. The van der Waals surface area contributed by atoms with E-state index in [1.807, 2.05) is 48.5 Å². The Morgan fingerprint density at radius 2 is 1.62 bits per heavy atom. The largest absolute Gasteiger partial charge is 0.476 e. The molecule has 0 amide bonds. The Kier molecular flexibility index (Phi) is 7.40. The predicted octanol–water partition coefficient (Wildman–Crippen LogP) is 5.83. The van der Waals surface area contributed by atoms with Crippen LogP contribution >= 0.6 is 43.6 Å². The van der Waals surface area contributed by atoms with Gasteiger partial charge in [-0.05, 0) is 55.5 Å². The van der Waals surface area contributed by atoms with Crippen LogP contribution < -0.4 is 4.74 Å². The first-order chi connectivity index (χ1) is 11.5. The third-order valence-electron chi connectivity index (χ3n) is 2.98. The van der Waals surface area contributed by atoms with E-state index >= 15 is 0 Å². The molecule has 0 aliphatic rings. The summed E-state index contributed by atoms with van der Waals surface area (Å²) in [5, 5.41) is 0. The molecule has 2 rings (SSSR count). The van der Waals surface area contributed by atoms with Gasteiger partial charge in [0.05, 0.1) is 0 Å². The van der Waals surface area contributed by atoms with Crippen LogP contribution in [0.4, 0.5) is 0 Å². The fourth-order valence-corrected chi connectivity index (χ4v) is 3.29. The molecule has 0 saturated heterocycles. The smallest absolute Gasteiger partial charge is 0.330 e. The van der Waals surface area contributed by atoms with Crippen molar-refractivity contribution in [2.45, 2.75) is 23.4 Å². The number of hydrogen-bond acceptors (Lipinski definition) is 4. The molecule has 6 heteroatoms.